The minimum Gasteiger partial charge on any atom is -0.361 e. The van der Waals surface area contributed by atoms with Crippen molar-refractivity contribution in [3.63, 3.8) is 0 Å². The maximum Gasteiger partial charge on any atom is 0.225 e. The Labute approximate surface area is 140 Å². The summed E-state index contributed by atoms with van der Waals surface area (Å²) in [6.07, 6.45) is 3.65. The Morgan fingerprint density at radius 1 is 1.46 bits per heavy atom. The van der Waals surface area contributed by atoms with E-state index in [2.05, 4.69) is 10.3 Å². The first-order chi connectivity index (χ1) is 11.6. The number of carbonyl (C=O) groups is 2. The van der Waals surface area contributed by atoms with Crippen LogP contribution >= 0.6 is 0 Å². The quantitative estimate of drug-likeness (QED) is 0.852. The van der Waals surface area contributed by atoms with Crippen molar-refractivity contribution in [3.05, 3.63) is 35.8 Å². The van der Waals surface area contributed by atoms with E-state index in [1.54, 1.807) is 11.0 Å². The largest absolute Gasteiger partial charge is 0.361 e. The van der Waals surface area contributed by atoms with E-state index in [1.165, 1.54) is 12.1 Å². The van der Waals surface area contributed by atoms with E-state index in [0.717, 1.165) is 22.9 Å². The molecule has 6 heteroatoms. The molecule has 0 spiro atoms. The molecular weight excluding hydrogens is 309 g/mol. The fraction of sp³-hybridized carbons (Fsp3) is 0.444. The summed E-state index contributed by atoms with van der Waals surface area (Å²) in [5.41, 5.74) is 1.87. The van der Waals surface area contributed by atoms with Crippen molar-refractivity contribution in [1.29, 1.82) is 0 Å². The van der Waals surface area contributed by atoms with Gasteiger partial charge in [0.1, 0.15) is 5.82 Å². The van der Waals surface area contributed by atoms with Gasteiger partial charge in [0.2, 0.25) is 11.8 Å². The molecule has 1 unspecified atom stereocenters. The number of nitrogens with one attached hydrogen (secondary N) is 2. The summed E-state index contributed by atoms with van der Waals surface area (Å²) in [5.74, 6) is -0.558. The Balaban J connectivity index is 1.61. The Morgan fingerprint density at radius 3 is 3.08 bits per heavy atom. The molecule has 2 heterocycles. The third-order valence-corrected chi connectivity index (χ3v) is 4.52. The number of amides is 2. The van der Waals surface area contributed by atoms with Gasteiger partial charge in [-0.3, -0.25) is 9.59 Å². The second-order valence-corrected chi connectivity index (χ2v) is 6.29. The zero-order chi connectivity index (χ0) is 17.1. The molecule has 1 aliphatic heterocycles. The van der Waals surface area contributed by atoms with Crippen LogP contribution in [-0.4, -0.2) is 41.3 Å². The van der Waals surface area contributed by atoms with Crippen molar-refractivity contribution >= 4 is 22.7 Å². The van der Waals surface area contributed by atoms with E-state index in [-0.39, 0.29) is 30.0 Å². The molecule has 0 saturated carbocycles. The maximum atomic E-state index is 13.4. The Morgan fingerprint density at radius 2 is 2.29 bits per heavy atom. The minimum atomic E-state index is -0.270. The number of H-pyrrole nitrogens is 1. The fourth-order valence-corrected chi connectivity index (χ4v) is 3.17. The maximum absolute atomic E-state index is 13.4. The lowest BCUT2D eigenvalue weighted by atomic mass is 10.1. The summed E-state index contributed by atoms with van der Waals surface area (Å²) in [4.78, 5) is 29.0. The molecule has 0 aliphatic carbocycles. The van der Waals surface area contributed by atoms with Gasteiger partial charge in [0, 0.05) is 43.2 Å². The second-order valence-electron chi connectivity index (χ2n) is 6.29. The average molecular weight is 331 g/mol. The molecule has 5 nitrogen and oxygen atoms in total. The number of likely N-dealkylation sites (tertiary alicyclic amines) is 1. The molecule has 1 atom stereocenters. The van der Waals surface area contributed by atoms with E-state index in [1.807, 2.05) is 13.1 Å². The smallest absolute Gasteiger partial charge is 0.225 e. The number of hydrogen-bond acceptors (Lipinski definition) is 2. The SMILES string of the molecule is CCCNC(=O)C1CC(=O)N(CCc2c[nH]c3ccc(F)cc23)C1. The van der Waals surface area contributed by atoms with Gasteiger partial charge >= 0.3 is 0 Å². The molecule has 1 aromatic heterocycles. The molecule has 0 radical (unpaired) electrons. The van der Waals surface area contributed by atoms with Gasteiger partial charge in [0.05, 0.1) is 5.92 Å². The highest BCUT2D eigenvalue weighted by Crippen LogP contribution is 2.22. The van der Waals surface area contributed by atoms with Crippen molar-refractivity contribution in [1.82, 2.24) is 15.2 Å². The van der Waals surface area contributed by atoms with E-state index >= 15 is 0 Å². The minimum absolute atomic E-state index is 0.0117. The van der Waals surface area contributed by atoms with Gasteiger partial charge in [-0.15, -0.1) is 0 Å². The summed E-state index contributed by atoms with van der Waals surface area (Å²) in [5, 5.41) is 3.70. The van der Waals surface area contributed by atoms with E-state index in [4.69, 9.17) is 0 Å². The molecule has 1 fully saturated rings. The standard InChI is InChI=1S/C18H22FN3O2/c1-2-6-20-18(24)13-8-17(23)22(11-13)7-5-12-10-21-16-4-3-14(19)9-15(12)16/h3-4,9-10,13,21H,2,5-8,11H2,1H3,(H,20,24). The highest BCUT2D eigenvalue weighted by atomic mass is 19.1. The molecule has 0 bridgehead atoms. The summed E-state index contributed by atoms with van der Waals surface area (Å²) in [6, 6.07) is 4.64. The average Bonchev–Trinajstić information content (AvgIpc) is 3.14. The first-order valence-electron chi connectivity index (χ1n) is 8.39. The zero-order valence-corrected chi connectivity index (χ0v) is 13.8. The van der Waals surface area contributed by atoms with Gasteiger partial charge in [-0.05, 0) is 36.6 Å². The van der Waals surface area contributed by atoms with Crippen molar-refractivity contribution in [2.24, 2.45) is 5.92 Å². The summed E-state index contributed by atoms with van der Waals surface area (Å²) >= 11 is 0. The van der Waals surface area contributed by atoms with Crippen LogP contribution in [0, 0.1) is 11.7 Å². The van der Waals surface area contributed by atoms with Crippen molar-refractivity contribution < 1.29 is 14.0 Å². The Hall–Kier alpha value is -2.37. The second kappa shape index (κ2) is 7.03. The first kappa shape index (κ1) is 16.5. The van der Waals surface area contributed by atoms with Gasteiger partial charge in [-0.2, -0.15) is 0 Å². The van der Waals surface area contributed by atoms with Crippen LogP contribution in [0.25, 0.3) is 10.9 Å². The van der Waals surface area contributed by atoms with Crippen LogP contribution in [0.3, 0.4) is 0 Å². The number of rotatable bonds is 6. The Kier molecular flexibility index (Phi) is 4.83. The lowest BCUT2D eigenvalue weighted by Crippen LogP contribution is -2.33. The lowest BCUT2D eigenvalue weighted by Gasteiger charge is -2.16. The molecule has 2 N–H and O–H groups in total. The molecule has 2 amide bonds. The topological polar surface area (TPSA) is 65.2 Å². The normalized spacial score (nSPS) is 17.7. The van der Waals surface area contributed by atoms with Crippen LogP contribution in [0.5, 0.6) is 0 Å². The van der Waals surface area contributed by atoms with Gasteiger partial charge in [0.25, 0.3) is 0 Å². The first-order valence-corrected chi connectivity index (χ1v) is 8.39. The van der Waals surface area contributed by atoms with Crippen molar-refractivity contribution in [2.45, 2.75) is 26.2 Å². The third-order valence-electron chi connectivity index (χ3n) is 4.52. The van der Waals surface area contributed by atoms with Gasteiger partial charge in [-0.25, -0.2) is 4.39 Å². The van der Waals surface area contributed by atoms with Crippen LogP contribution < -0.4 is 5.32 Å². The third kappa shape index (κ3) is 3.42. The highest BCUT2D eigenvalue weighted by molar-refractivity contribution is 5.89. The Bertz CT molecular complexity index is 756. The van der Waals surface area contributed by atoms with E-state index in [9.17, 15) is 14.0 Å². The predicted octanol–water partition coefficient (Wildman–Crippen LogP) is 2.22. The molecule has 1 saturated heterocycles. The predicted molar refractivity (Wildman–Crippen MR) is 89.9 cm³/mol. The monoisotopic (exact) mass is 331 g/mol. The summed E-state index contributed by atoms with van der Waals surface area (Å²) in [7, 11) is 0. The van der Waals surface area contributed by atoms with Crippen molar-refractivity contribution in [2.75, 3.05) is 19.6 Å². The number of fused-ring (bicyclic) bond motifs is 1. The number of carbonyl (C=O) groups excluding carboxylic acids is 2. The number of hydrogen-bond donors (Lipinski definition) is 2. The lowest BCUT2D eigenvalue weighted by molar-refractivity contribution is -0.129. The molecule has 128 valence electrons. The fourth-order valence-electron chi connectivity index (χ4n) is 3.17. The van der Waals surface area contributed by atoms with E-state index < -0.39 is 0 Å². The summed E-state index contributed by atoms with van der Waals surface area (Å²) in [6.45, 7) is 3.64. The number of nitrogens with zero attached hydrogens (tertiary/aromatic N) is 1. The van der Waals surface area contributed by atoms with Crippen LogP contribution in [0.1, 0.15) is 25.3 Å². The van der Waals surface area contributed by atoms with Crippen LogP contribution in [-0.2, 0) is 16.0 Å². The number of benzene rings is 1. The van der Waals surface area contributed by atoms with Crippen LogP contribution in [0.4, 0.5) is 4.39 Å². The zero-order valence-electron chi connectivity index (χ0n) is 13.8. The molecule has 2 aromatic rings. The van der Waals surface area contributed by atoms with Crippen LogP contribution in [0.15, 0.2) is 24.4 Å². The summed E-state index contributed by atoms with van der Waals surface area (Å²) < 4.78 is 13.4. The van der Waals surface area contributed by atoms with E-state index in [0.29, 0.717) is 26.1 Å². The molecular formula is C18H22FN3O2. The molecule has 1 aromatic carbocycles. The molecule has 24 heavy (non-hydrogen) atoms. The molecule has 1 aliphatic rings. The van der Waals surface area contributed by atoms with Crippen LogP contribution in [0.2, 0.25) is 0 Å². The number of aromatic nitrogens is 1. The van der Waals surface area contributed by atoms with Crippen molar-refractivity contribution in [3.8, 4) is 0 Å². The van der Waals surface area contributed by atoms with Gasteiger partial charge in [0.15, 0.2) is 0 Å². The number of halogens is 1. The molecule has 3 rings (SSSR count). The number of aromatic amines is 1. The van der Waals surface area contributed by atoms with Gasteiger partial charge < -0.3 is 15.2 Å². The van der Waals surface area contributed by atoms with Gasteiger partial charge in [-0.1, -0.05) is 6.92 Å². The highest BCUT2D eigenvalue weighted by Gasteiger charge is 2.33.